The van der Waals surface area contributed by atoms with Crippen molar-refractivity contribution in [2.75, 3.05) is 13.7 Å². The van der Waals surface area contributed by atoms with Crippen molar-refractivity contribution in [2.24, 2.45) is 0 Å². The molecule has 4 rings (SSSR count). The number of hydrogen-bond donors (Lipinski definition) is 0. The molecule has 0 fully saturated rings. The molecule has 0 unspecified atom stereocenters. The summed E-state index contributed by atoms with van der Waals surface area (Å²) in [6.45, 7) is 2.14. The summed E-state index contributed by atoms with van der Waals surface area (Å²) in [5.41, 5.74) is 1.46. The molecule has 5 heteroatoms. The van der Waals surface area contributed by atoms with Gasteiger partial charge in [0.1, 0.15) is 0 Å². The van der Waals surface area contributed by atoms with E-state index in [2.05, 4.69) is 99.5 Å². The van der Waals surface area contributed by atoms with Gasteiger partial charge in [0.25, 0.3) is 0 Å². The maximum absolute atomic E-state index is 13.6. The average Bonchev–Trinajstić information content (AvgIpc) is 2.93. The van der Waals surface area contributed by atoms with Gasteiger partial charge in [0, 0.05) is 0 Å². The summed E-state index contributed by atoms with van der Waals surface area (Å²) in [5, 5.41) is 3.46. The van der Waals surface area contributed by atoms with E-state index >= 15 is 0 Å². The van der Waals surface area contributed by atoms with E-state index in [9.17, 15) is 4.79 Å². The quantitative estimate of drug-likeness (QED) is 0.104. The van der Waals surface area contributed by atoms with Gasteiger partial charge in [-0.1, -0.05) is 0 Å². The van der Waals surface area contributed by atoms with E-state index in [1.54, 1.807) is 0 Å². The molecule has 0 spiro atoms. The van der Waals surface area contributed by atoms with Gasteiger partial charge >= 0.3 is 222 Å². The predicted molar refractivity (Wildman–Crippen MR) is 158 cm³/mol. The van der Waals surface area contributed by atoms with Crippen LogP contribution in [0.25, 0.3) is 6.08 Å². The first-order valence-corrected chi connectivity index (χ1v) is 16.6. The van der Waals surface area contributed by atoms with Crippen LogP contribution >= 0.6 is 26.4 Å². The molecule has 0 aliphatic heterocycles. The van der Waals surface area contributed by atoms with Gasteiger partial charge in [-0.15, -0.1) is 0 Å². The molecule has 0 atom stereocenters. The van der Waals surface area contributed by atoms with Crippen LogP contribution in [0.3, 0.4) is 0 Å². The zero-order valence-corrected chi connectivity index (χ0v) is 23.0. The second-order valence-electron chi connectivity index (χ2n) is 8.16. The van der Waals surface area contributed by atoms with Crippen LogP contribution in [-0.2, 0) is 9.53 Å². The number of nitrogens with zero attached hydrogens (tertiary/aromatic N) is 1. The van der Waals surface area contributed by atoms with Crippen molar-refractivity contribution in [1.82, 2.24) is 4.67 Å². The molecule has 4 aromatic carbocycles. The first kappa shape index (κ1) is 25.2. The van der Waals surface area contributed by atoms with Crippen molar-refractivity contribution >= 4 is 54.4 Å². The Balaban J connectivity index is 2.12. The second-order valence-corrected chi connectivity index (χ2v) is 17.9. The molecule has 0 bridgehead atoms. The van der Waals surface area contributed by atoms with Crippen molar-refractivity contribution in [3.63, 3.8) is 0 Å². The van der Waals surface area contributed by atoms with Crippen LogP contribution in [0.5, 0.6) is 0 Å². The molecule has 35 heavy (non-hydrogen) atoms. The fraction of sp³-hybridized carbons (Fsp3) is 0.100. The summed E-state index contributed by atoms with van der Waals surface area (Å²) in [7, 11) is 2.03. The van der Waals surface area contributed by atoms with Crippen molar-refractivity contribution in [2.45, 2.75) is 6.92 Å². The number of ether oxygens (including phenoxy) is 1. The number of esters is 1. The first-order valence-electron chi connectivity index (χ1n) is 11.6. The number of benzene rings is 4. The Hall–Kier alpha value is -2.95. The Bertz CT molecular complexity index is 1200. The number of halogens is 1. The van der Waals surface area contributed by atoms with Crippen LogP contribution in [-0.4, -0.2) is 24.3 Å². The molecule has 0 heterocycles. The van der Waals surface area contributed by atoms with Gasteiger partial charge in [-0.05, 0) is 0 Å². The molecular weight excluding hydrogens is 564 g/mol. The number of carbonyl (C=O) groups excluding carboxylic acids is 1. The maximum atomic E-state index is 13.6. The second kappa shape index (κ2) is 10.8. The third-order valence-electron chi connectivity index (χ3n) is 6.18. The standard InChI is InChI=1S/C30H29INO2P/c1-3-34-30(33)29(24-25-16-8-4-9-17-25)32(2)35(31,26-18-10-5-11-19-26,27-20-12-6-13-21-27)28-22-14-7-15-23-28/h4-24H,3H2,1-2H3/b29-24-. The topological polar surface area (TPSA) is 29.5 Å². The predicted octanol–water partition coefficient (Wildman–Crippen LogP) is 6.32. The molecule has 3 nitrogen and oxygen atoms in total. The number of rotatable bonds is 8. The molecular formula is C30H29INO2P. The minimum absolute atomic E-state index is 0.304. The van der Waals surface area contributed by atoms with Crippen LogP contribution in [0.4, 0.5) is 0 Å². The van der Waals surface area contributed by atoms with E-state index in [1.165, 1.54) is 0 Å². The summed E-state index contributed by atoms with van der Waals surface area (Å²) in [4.78, 5) is 13.6. The van der Waals surface area contributed by atoms with E-state index in [4.69, 9.17) is 4.74 Å². The number of hydrogen-bond acceptors (Lipinski definition) is 3. The van der Waals surface area contributed by atoms with Gasteiger partial charge < -0.3 is 0 Å². The molecule has 0 aliphatic rings. The Morgan fingerprint density at radius 1 is 0.743 bits per heavy atom. The monoisotopic (exact) mass is 593 g/mol. The summed E-state index contributed by atoms with van der Waals surface area (Å²) >= 11 is 2.66. The summed E-state index contributed by atoms with van der Waals surface area (Å²) in [6.07, 6.45) is 1.94. The van der Waals surface area contributed by atoms with Crippen molar-refractivity contribution < 1.29 is 9.53 Å². The summed E-state index contributed by atoms with van der Waals surface area (Å²) in [6, 6.07) is 41.5. The summed E-state index contributed by atoms with van der Waals surface area (Å²) in [5.74, 6) is -0.340. The number of carbonyl (C=O) groups is 1. The third-order valence-corrected chi connectivity index (χ3v) is 18.2. The van der Waals surface area contributed by atoms with E-state index in [0.717, 1.165) is 21.5 Å². The van der Waals surface area contributed by atoms with Gasteiger partial charge in [-0.3, -0.25) is 0 Å². The van der Waals surface area contributed by atoms with E-state index in [-0.39, 0.29) is 5.97 Å². The zero-order valence-electron chi connectivity index (χ0n) is 19.9. The molecule has 178 valence electrons. The van der Waals surface area contributed by atoms with Gasteiger partial charge in [-0.25, -0.2) is 0 Å². The molecule has 0 saturated heterocycles. The molecule has 0 N–H and O–H groups in total. The molecule has 4 aromatic rings. The molecule has 0 saturated carbocycles. The van der Waals surface area contributed by atoms with Crippen LogP contribution < -0.4 is 15.9 Å². The SMILES string of the molecule is CCOC(=O)/C(=C/c1ccccc1)N(C)P(I)(c1ccccc1)(c1ccccc1)c1ccccc1. The first-order chi connectivity index (χ1) is 17.0. The summed E-state index contributed by atoms with van der Waals surface area (Å²) < 4.78 is 4.38. The Labute approximate surface area is 220 Å². The molecule has 0 aliphatic carbocycles. The van der Waals surface area contributed by atoms with Crippen molar-refractivity contribution in [1.29, 1.82) is 0 Å². The van der Waals surface area contributed by atoms with Gasteiger partial charge in [0.2, 0.25) is 0 Å². The Kier molecular flexibility index (Phi) is 7.73. The zero-order chi connectivity index (χ0) is 24.8. The molecule has 0 aromatic heterocycles. The van der Waals surface area contributed by atoms with Crippen molar-refractivity contribution in [3.8, 4) is 0 Å². The average molecular weight is 593 g/mol. The molecule has 0 radical (unpaired) electrons. The van der Waals surface area contributed by atoms with Crippen LogP contribution in [0.2, 0.25) is 0 Å². The van der Waals surface area contributed by atoms with Gasteiger partial charge in [-0.2, -0.15) is 0 Å². The van der Waals surface area contributed by atoms with E-state index < -0.39 is 4.40 Å². The van der Waals surface area contributed by atoms with Crippen molar-refractivity contribution in [3.05, 3.63) is 133 Å². The fourth-order valence-corrected chi connectivity index (χ4v) is 12.7. The van der Waals surface area contributed by atoms with E-state index in [1.807, 2.05) is 68.6 Å². The Morgan fingerprint density at radius 3 is 1.49 bits per heavy atom. The minimum atomic E-state index is -3.43. The van der Waals surface area contributed by atoms with Crippen LogP contribution in [0.15, 0.2) is 127 Å². The van der Waals surface area contributed by atoms with Crippen LogP contribution in [0, 0.1) is 0 Å². The van der Waals surface area contributed by atoms with Gasteiger partial charge in [0.05, 0.1) is 0 Å². The van der Waals surface area contributed by atoms with Gasteiger partial charge in [0.15, 0.2) is 0 Å². The fourth-order valence-electron chi connectivity index (χ4n) is 4.47. The third kappa shape index (κ3) is 4.53. The molecule has 0 amide bonds. The Morgan fingerprint density at radius 2 is 1.11 bits per heavy atom. The normalized spacial score (nSPS) is 12.9. The van der Waals surface area contributed by atoms with Crippen LogP contribution in [0.1, 0.15) is 12.5 Å². The van der Waals surface area contributed by atoms with E-state index in [0.29, 0.717) is 12.3 Å². The number of likely N-dealkylation sites (N-methyl/N-ethyl adjacent to an activating group) is 1.